The van der Waals surface area contributed by atoms with Crippen LogP contribution in [0.4, 0.5) is 0 Å². The standard InChI is InChI=1S/C10H18N4O2S/c1-8-6-14(7-10(8)13(2)3)17(15,16)9-4-11-12-5-9/h4-5,8,10H,6-7H2,1-3H3,(H,11,12). The number of aromatic nitrogens is 2. The average Bonchev–Trinajstić information content (AvgIpc) is 2.84. The first-order chi connectivity index (χ1) is 7.93. The van der Waals surface area contributed by atoms with Crippen molar-refractivity contribution in [3.63, 3.8) is 0 Å². The maximum Gasteiger partial charge on any atom is 0.246 e. The Morgan fingerprint density at radius 3 is 2.65 bits per heavy atom. The zero-order valence-electron chi connectivity index (χ0n) is 10.3. The molecule has 0 aromatic carbocycles. The number of hydrogen-bond donors (Lipinski definition) is 1. The van der Waals surface area contributed by atoms with Gasteiger partial charge in [0.05, 0.1) is 6.20 Å². The van der Waals surface area contributed by atoms with E-state index in [1.807, 2.05) is 14.1 Å². The van der Waals surface area contributed by atoms with Crippen LogP contribution in [0.25, 0.3) is 0 Å². The minimum Gasteiger partial charge on any atom is -0.305 e. The molecule has 0 bridgehead atoms. The van der Waals surface area contributed by atoms with Gasteiger partial charge >= 0.3 is 0 Å². The van der Waals surface area contributed by atoms with E-state index in [4.69, 9.17) is 0 Å². The highest BCUT2D eigenvalue weighted by Crippen LogP contribution is 2.25. The van der Waals surface area contributed by atoms with Crippen LogP contribution in [0.15, 0.2) is 17.3 Å². The molecule has 0 aliphatic carbocycles. The Hall–Kier alpha value is -0.920. The van der Waals surface area contributed by atoms with Gasteiger partial charge in [-0.3, -0.25) is 5.10 Å². The second-order valence-electron chi connectivity index (χ2n) is 4.76. The molecule has 17 heavy (non-hydrogen) atoms. The van der Waals surface area contributed by atoms with Crippen molar-refractivity contribution in [2.45, 2.75) is 17.9 Å². The van der Waals surface area contributed by atoms with E-state index in [0.717, 1.165) is 0 Å². The van der Waals surface area contributed by atoms with Crippen molar-refractivity contribution in [2.24, 2.45) is 5.92 Å². The molecule has 0 amide bonds. The lowest BCUT2D eigenvalue weighted by Gasteiger charge is -2.22. The van der Waals surface area contributed by atoms with Crippen LogP contribution in [0.5, 0.6) is 0 Å². The number of sulfonamides is 1. The van der Waals surface area contributed by atoms with Crippen LogP contribution in [-0.2, 0) is 10.0 Å². The van der Waals surface area contributed by atoms with Gasteiger partial charge in [0.2, 0.25) is 10.0 Å². The average molecular weight is 258 g/mol. The van der Waals surface area contributed by atoms with Gasteiger partial charge in [-0.15, -0.1) is 0 Å². The van der Waals surface area contributed by atoms with Crippen molar-refractivity contribution in [3.8, 4) is 0 Å². The third kappa shape index (κ3) is 2.22. The smallest absolute Gasteiger partial charge is 0.246 e. The van der Waals surface area contributed by atoms with Gasteiger partial charge in [-0.2, -0.15) is 9.40 Å². The van der Waals surface area contributed by atoms with Crippen LogP contribution in [0.2, 0.25) is 0 Å². The van der Waals surface area contributed by atoms with Crippen LogP contribution in [-0.4, -0.2) is 61.0 Å². The number of rotatable bonds is 3. The Bertz CT molecular complexity index is 469. The van der Waals surface area contributed by atoms with Crippen molar-refractivity contribution in [3.05, 3.63) is 12.4 Å². The molecule has 1 saturated heterocycles. The highest BCUT2D eigenvalue weighted by Gasteiger charge is 2.38. The molecular weight excluding hydrogens is 240 g/mol. The van der Waals surface area contributed by atoms with Crippen molar-refractivity contribution in [1.29, 1.82) is 0 Å². The molecule has 1 aromatic heterocycles. The second-order valence-corrected chi connectivity index (χ2v) is 6.70. The van der Waals surface area contributed by atoms with Crippen LogP contribution < -0.4 is 0 Å². The summed E-state index contributed by atoms with van der Waals surface area (Å²) in [5, 5.41) is 6.23. The monoisotopic (exact) mass is 258 g/mol. The lowest BCUT2D eigenvalue weighted by molar-refractivity contribution is 0.263. The molecule has 2 atom stereocenters. The van der Waals surface area contributed by atoms with E-state index in [2.05, 4.69) is 22.0 Å². The van der Waals surface area contributed by atoms with Gasteiger partial charge in [-0.25, -0.2) is 8.42 Å². The van der Waals surface area contributed by atoms with Crippen LogP contribution >= 0.6 is 0 Å². The Morgan fingerprint density at radius 1 is 1.47 bits per heavy atom. The molecule has 1 aliphatic heterocycles. The maximum absolute atomic E-state index is 12.3. The van der Waals surface area contributed by atoms with Crippen molar-refractivity contribution in [1.82, 2.24) is 19.4 Å². The first-order valence-electron chi connectivity index (χ1n) is 5.58. The molecule has 1 fully saturated rings. The van der Waals surface area contributed by atoms with Crippen LogP contribution in [0.1, 0.15) is 6.92 Å². The predicted molar refractivity (Wildman–Crippen MR) is 64.0 cm³/mol. The molecule has 0 spiro atoms. The van der Waals surface area contributed by atoms with Gasteiger partial charge < -0.3 is 4.90 Å². The topological polar surface area (TPSA) is 69.3 Å². The Labute approximate surface area is 102 Å². The molecule has 1 aromatic rings. The molecule has 2 rings (SSSR count). The summed E-state index contributed by atoms with van der Waals surface area (Å²) in [5.41, 5.74) is 0. The first-order valence-corrected chi connectivity index (χ1v) is 7.02. The van der Waals surface area contributed by atoms with E-state index in [1.54, 1.807) is 0 Å². The van der Waals surface area contributed by atoms with E-state index in [0.29, 0.717) is 19.0 Å². The summed E-state index contributed by atoms with van der Waals surface area (Å²) >= 11 is 0. The summed E-state index contributed by atoms with van der Waals surface area (Å²) < 4.78 is 26.0. The van der Waals surface area contributed by atoms with E-state index in [1.165, 1.54) is 16.7 Å². The summed E-state index contributed by atoms with van der Waals surface area (Å²) in [6.07, 6.45) is 2.77. The van der Waals surface area contributed by atoms with Gasteiger partial charge in [0.25, 0.3) is 0 Å². The van der Waals surface area contributed by atoms with Gasteiger partial charge in [-0.05, 0) is 20.0 Å². The van der Waals surface area contributed by atoms with E-state index >= 15 is 0 Å². The quantitative estimate of drug-likeness (QED) is 0.827. The summed E-state index contributed by atoms with van der Waals surface area (Å²) in [6.45, 7) is 3.19. The molecule has 1 N–H and O–H groups in total. The molecule has 0 radical (unpaired) electrons. The van der Waals surface area contributed by atoms with Gasteiger partial charge in [0.1, 0.15) is 4.90 Å². The van der Waals surface area contributed by atoms with Crippen molar-refractivity contribution >= 4 is 10.0 Å². The van der Waals surface area contributed by atoms with Crippen molar-refractivity contribution < 1.29 is 8.42 Å². The number of hydrogen-bond acceptors (Lipinski definition) is 4. The molecular formula is C10H18N4O2S. The lowest BCUT2D eigenvalue weighted by atomic mass is 10.1. The van der Waals surface area contributed by atoms with E-state index < -0.39 is 10.0 Å². The first kappa shape index (κ1) is 12.5. The predicted octanol–water partition coefficient (Wildman–Crippen LogP) is -0.0197. The third-order valence-electron chi connectivity index (χ3n) is 3.31. The van der Waals surface area contributed by atoms with Gasteiger partial charge in [0.15, 0.2) is 0 Å². The molecule has 7 heteroatoms. The van der Waals surface area contributed by atoms with Crippen molar-refractivity contribution in [2.75, 3.05) is 27.2 Å². The fourth-order valence-electron chi connectivity index (χ4n) is 2.30. The minimum absolute atomic E-state index is 0.240. The molecule has 2 unspecified atom stereocenters. The molecule has 96 valence electrons. The van der Waals surface area contributed by atoms with E-state index in [-0.39, 0.29) is 10.9 Å². The molecule has 0 saturated carbocycles. The number of aromatic amines is 1. The maximum atomic E-state index is 12.3. The highest BCUT2D eigenvalue weighted by atomic mass is 32.2. The fourth-order valence-corrected chi connectivity index (χ4v) is 3.77. The van der Waals surface area contributed by atoms with Gasteiger partial charge in [-0.1, -0.05) is 6.92 Å². The van der Waals surface area contributed by atoms with Gasteiger partial charge in [0, 0.05) is 25.3 Å². The van der Waals surface area contributed by atoms with Crippen LogP contribution in [0, 0.1) is 5.92 Å². The zero-order chi connectivity index (χ0) is 12.6. The number of nitrogens with zero attached hydrogens (tertiary/aromatic N) is 3. The zero-order valence-corrected chi connectivity index (χ0v) is 11.1. The summed E-state index contributed by atoms with van der Waals surface area (Å²) in [6, 6.07) is 0.275. The Kier molecular flexibility index (Phi) is 3.24. The Morgan fingerprint density at radius 2 is 2.18 bits per heavy atom. The Balaban J connectivity index is 2.21. The molecule has 2 heterocycles. The highest BCUT2D eigenvalue weighted by molar-refractivity contribution is 7.89. The summed E-state index contributed by atoms with van der Waals surface area (Å²) in [4.78, 5) is 2.32. The second kappa shape index (κ2) is 4.40. The SMILES string of the molecule is CC1CN(S(=O)(=O)c2cn[nH]c2)CC1N(C)C. The molecule has 6 nitrogen and oxygen atoms in total. The number of likely N-dealkylation sites (N-methyl/N-ethyl adjacent to an activating group) is 1. The van der Waals surface area contributed by atoms with E-state index in [9.17, 15) is 8.42 Å². The minimum atomic E-state index is -3.38. The summed E-state index contributed by atoms with van der Waals surface area (Å²) in [7, 11) is 0.581. The number of nitrogens with one attached hydrogen (secondary N) is 1. The lowest BCUT2D eigenvalue weighted by Crippen LogP contribution is -2.35. The fraction of sp³-hybridized carbons (Fsp3) is 0.700. The normalized spacial score (nSPS) is 26.8. The van der Waals surface area contributed by atoms with Crippen LogP contribution in [0.3, 0.4) is 0 Å². The third-order valence-corrected chi connectivity index (χ3v) is 5.11. The number of H-pyrrole nitrogens is 1. The molecule has 1 aliphatic rings. The summed E-state index contributed by atoms with van der Waals surface area (Å²) in [5.74, 6) is 0.340. The largest absolute Gasteiger partial charge is 0.305 e.